The second-order valence-electron chi connectivity index (χ2n) is 7.92. The van der Waals surface area contributed by atoms with Crippen LogP contribution in [0.2, 0.25) is 0 Å². The molecule has 2 amide bonds. The number of rotatable bonds is 4. The van der Waals surface area contributed by atoms with Crippen molar-refractivity contribution in [2.45, 2.75) is 27.1 Å². The summed E-state index contributed by atoms with van der Waals surface area (Å²) in [6.07, 6.45) is -4.85. The van der Waals surface area contributed by atoms with E-state index in [1.54, 1.807) is 4.68 Å². The molecule has 1 fully saturated rings. The number of ether oxygens (including phenoxy) is 1. The Morgan fingerprint density at radius 1 is 1.00 bits per heavy atom. The molecule has 1 aromatic carbocycles. The quantitative estimate of drug-likeness (QED) is 0.617. The number of carbonyl (C=O) groups excluding carboxylic acids is 1. The largest absolute Gasteiger partial charge is 0.573 e. The fourth-order valence-electron chi connectivity index (χ4n) is 3.78. The Balaban J connectivity index is 1.42. The smallest absolute Gasteiger partial charge is 0.404 e. The van der Waals surface area contributed by atoms with E-state index in [0.717, 1.165) is 23.3 Å². The number of halogens is 3. The number of piperazine rings is 1. The Bertz CT molecular complexity index is 1190. The lowest BCUT2D eigenvalue weighted by Gasteiger charge is -2.35. The number of carbonyl (C=O) groups is 1. The highest BCUT2D eigenvalue weighted by Gasteiger charge is 2.32. The lowest BCUT2D eigenvalue weighted by molar-refractivity contribution is -0.274. The summed E-state index contributed by atoms with van der Waals surface area (Å²) in [6.45, 7) is 7.41. The lowest BCUT2D eigenvalue weighted by atomic mass is 10.3. The van der Waals surface area contributed by atoms with Crippen molar-refractivity contribution in [3.8, 4) is 11.6 Å². The lowest BCUT2D eigenvalue weighted by Crippen LogP contribution is -2.50. The van der Waals surface area contributed by atoms with Crippen LogP contribution in [0.5, 0.6) is 5.75 Å². The molecule has 1 saturated heterocycles. The van der Waals surface area contributed by atoms with Crippen LogP contribution in [0, 0.1) is 20.8 Å². The van der Waals surface area contributed by atoms with Crippen LogP contribution in [-0.4, -0.2) is 63.2 Å². The number of nitrogens with zero attached hydrogens (tertiary/aromatic N) is 6. The molecule has 0 unspecified atom stereocenters. The standard InChI is InChI=1S/C22H24F3N7O2/c1-14-12-15(2)32(29-14)20-13-19(26-16(3)27-20)30-8-10-31(11-9-30)21(33)28-17-6-4-5-7-18(17)34-22(23,24)25/h4-7,12-13H,8-11H2,1-3H3,(H,28,33). The molecule has 0 bridgehead atoms. The van der Waals surface area contributed by atoms with Crippen LogP contribution in [0.15, 0.2) is 36.4 Å². The van der Waals surface area contributed by atoms with Gasteiger partial charge in [0, 0.05) is 37.9 Å². The van der Waals surface area contributed by atoms with Crippen LogP contribution in [0.25, 0.3) is 5.82 Å². The number of alkyl halides is 3. The first-order chi connectivity index (χ1) is 16.1. The van der Waals surface area contributed by atoms with Crippen molar-refractivity contribution in [3.05, 3.63) is 53.6 Å². The van der Waals surface area contributed by atoms with Crippen molar-refractivity contribution in [2.24, 2.45) is 0 Å². The summed E-state index contributed by atoms with van der Waals surface area (Å²) in [4.78, 5) is 25.3. The Kier molecular flexibility index (Phi) is 6.31. The fraction of sp³-hybridized carbons (Fsp3) is 0.364. The molecule has 0 saturated carbocycles. The van der Waals surface area contributed by atoms with Crippen molar-refractivity contribution in [2.75, 3.05) is 36.4 Å². The molecule has 180 valence electrons. The first-order valence-electron chi connectivity index (χ1n) is 10.6. The molecule has 12 heteroatoms. The van der Waals surface area contributed by atoms with Crippen LogP contribution in [0.1, 0.15) is 17.2 Å². The highest BCUT2D eigenvalue weighted by atomic mass is 19.4. The summed E-state index contributed by atoms with van der Waals surface area (Å²) < 4.78 is 43.7. The molecule has 4 rings (SSSR count). The zero-order valence-corrected chi connectivity index (χ0v) is 18.9. The van der Waals surface area contributed by atoms with Crippen molar-refractivity contribution in [1.29, 1.82) is 0 Å². The number of hydrogen-bond donors (Lipinski definition) is 1. The first-order valence-corrected chi connectivity index (χ1v) is 10.6. The third kappa shape index (κ3) is 5.38. The number of para-hydroxylation sites is 2. The fourth-order valence-corrected chi connectivity index (χ4v) is 3.78. The molecule has 2 aromatic heterocycles. The predicted molar refractivity (Wildman–Crippen MR) is 119 cm³/mol. The Hall–Kier alpha value is -3.83. The Morgan fingerprint density at radius 2 is 1.68 bits per heavy atom. The van der Waals surface area contributed by atoms with Crippen molar-refractivity contribution < 1.29 is 22.7 Å². The number of aryl methyl sites for hydroxylation is 3. The maximum atomic E-state index is 12.7. The maximum absolute atomic E-state index is 12.7. The Morgan fingerprint density at radius 3 is 2.32 bits per heavy atom. The van der Waals surface area contributed by atoms with Gasteiger partial charge in [-0.3, -0.25) is 0 Å². The first kappa shape index (κ1) is 23.3. The van der Waals surface area contributed by atoms with Gasteiger partial charge in [0.25, 0.3) is 0 Å². The van der Waals surface area contributed by atoms with Gasteiger partial charge < -0.3 is 19.9 Å². The van der Waals surface area contributed by atoms with Crippen molar-refractivity contribution in [3.63, 3.8) is 0 Å². The molecule has 0 aliphatic carbocycles. The van der Waals surface area contributed by atoms with Gasteiger partial charge in [0.1, 0.15) is 11.6 Å². The molecule has 0 atom stereocenters. The van der Waals surface area contributed by atoms with Gasteiger partial charge in [-0.05, 0) is 39.0 Å². The van der Waals surface area contributed by atoms with E-state index in [2.05, 4.69) is 25.1 Å². The molecule has 0 radical (unpaired) electrons. The SMILES string of the molecule is Cc1cc(C)n(-c2cc(N3CCN(C(=O)Nc4ccccc4OC(F)(F)F)CC3)nc(C)n2)n1. The average molecular weight is 475 g/mol. The summed E-state index contributed by atoms with van der Waals surface area (Å²) in [5, 5.41) is 6.99. The van der Waals surface area contributed by atoms with Gasteiger partial charge in [0.15, 0.2) is 11.6 Å². The molecule has 34 heavy (non-hydrogen) atoms. The number of nitrogens with one attached hydrogen (secondary N) is 1. The second kappa shape index (κ2) is 9.20. The van der Waals surface area contributed by atoms with Gasteiger partial charge in [-0.25, -0.2) is 19.4 Å². The predicted octanol–water partition coefficient (Wildman–Crippen LogP) is 3.84. The van der Waals surface area contributed by atoms with E-state index in [1.165, 1.54) is 23.1 Å². The van der Waals surface area contributed by atoms with Crippen molar-refractivity contribution >= 4 is 17.5 Å². The summed E-state index contributed by atoms with van der Waals surface area (Å²) in [5.41, 5.74) is 1.79. The molecule has 1 aliphatic rings. The summed E-state index contributed by atoms with van der Waals surface area (Å²) in [6, 6.07) is 8.76. The molecule has 1 aliphatic heterocycles. The zero-order chi connectivity index (χ0) is 24.5. The van der Waals surface area contributed by atoms with Crippen LogP contribution in [-0.2, 0) is 0 Å². The van der Waals surface area contributed by atoms with E-state index in [-0.39, 0.29) is 5.69 Å². The zero-order valence-electron chi connectivity index (χ0n) is 18.9. The van der Waals surface area contributed by atoms with Crippen LogP contribution >= 0.6 is 0 Å². The van der Waals surface area contributed by atoms with E-state index in [0.29, 0.717) is 37.8 Å². The summed E-state index contributed by atoms with van der Waals surface area (Å²) in [7, 11) is 0. The topological polar surface area (TPSA) is 88.4 Å². The highest BCUT2D eigenvalue weighted by molar-refractivity contribution is 5.91. The molecule has 3 heterocycles. The number of urea groups is 1. The maximum Gasteiger partial charge on any atom is 0.573 e. The van der Waals surface area contributed by atoms with Gasteiger partial charge in [-0.15, -0.1) is 13.2 Å². The van der Waals surface area contributed by atoms with E-state index < -0.39 is 18.1 Å². The Labute approximate surface area is 194 Å². The third-order valence-electron chi connectivity index (χ3n) is 5.28. The minimum absolute atomic E-state index is 0.0480. The minimum Gasteiger partial charge on any atom is -0.404 e. The van der Waals surface area contributed by atoms with Gasteiger partial charge >= 0.3 is 12.4 Å². The number of hydrogen-bond acceptors (Lipinski definition) is 6. The molecule has 1 N–H and O–H groups in total. The molecule has 9 nitrogen and oxygen atoms in total. The second-order valence-corrected chi connectivity index (χ2v) is 7.92. The van der Waals surface area contributed by atoms with Gasteiger partial charge in [-0.1, -0.05) is 12.1 Å². The number of anilines is 2. The molecular weight excluding hydrogens is 451 g/mol. The third-order valence-corrected chi connectivity index (χ3v) is 5.28. The van der Waals surface area contributed by atoms with Crippen LogP contribution in [0.4, 0.5) is 29.5 Å². The summed E-state index contributed by atoms with van der Waals surface area (Å²) in [5.74, 6) is 1.52. The van der Waals surface area contributed by atoms with Gasteiger partial charge in [0.05, 0.1) is 11.4 Å². The molecule has 3 aromatic rings. The van der Waals surface area contributed by atoms with Gasteiger partial charge in [-0.2, -0.15) is 5.10 Å². The molecule has 0 spiro atoms. The van der Waals surface area contributed by atoms with Crippen molar-refractivity contribution in [1.82, 2.24) is 24.6 Å². The van der Waals surface area contributed by atoms with E-state index in [1.807, 2.05) is 37.8 Å². The normalized spacial score (nSPS) is 14.3. The summed E-state index contributed by atoms with van der Waals surface area (Å²) >= 11 is 0. The van der Waals surface area contributed by atoms with Crippen LogP contribution < -0.4 is 15.0 Å². The number of amides is 2. The van der Waals surface area contributed by atoms with E-state index in [4.69, 9.17) is 0 Å². The molecular formula is C22H24F3N7O2. The number of benzene rings is 1. The highest BCUT2D eigenvalue weighted by Crippen LogP contribution is 2.30. The van der Waals surface area contributed by atoms with E-state index in [9.17, 15) is 18.0 Å². The van der Waals surface area contributed by atoms with E-state index >= 15 is 0 Å². The number of aromatic nitrogens is 4. The van der Waals surface area contributed by atoms with Gasteiger partial charge in [0.2, 0.25) is 0 Å². The monoisotopic (exact) mass is 475 g/mol. The minimum atomic E-state index is -4.85. The average Bonchev–Trinajstić information content (AvgIpc) is 3.11. The van der Waals surface area contributed by atoms with Crippen LogP contribution in [0.3, 0.4) is 0 Å².